The van der Waals surface area contributed by atoms with Crippen LogP contribution in [-0.4, -0.2) is 34.9 Å². The molecule has 0 saturated heterocycles. The summed E-state index contributed by atoms with van der Waals surface area (Å²) in [5, 5.41) is 0. The Balaban J connectivity index is 0. The maximum atomic E-state index is 10.3. The second kappa shape index (κ2) is 7.97. The molecule has 5 heteroatoms. The number of ether oxygens (including phenoxy) is 1. The van der Waals surface area contributed by atoms with E-state index in [1.807, 2.05) is 13.8 Å². The van der Waals surface area contributed by atoms with Crippen LogP contribution in [0.4, 0.5) is 0 Å². The lowest BCUT2D eigenvalue weighted by Gasteiger charge is -1.98. The molecule has 0 aliphatic carbocycles. The van der Waals surface area contributed by atoms with Crippen LogP contribution in [0.3, 0.4) is 0 Å². The van der Waals surface area contributed by atoms with Gasteiger partial charge in [-0.3, -0.25) is 0 Å². The number of hydrogen-bond acceptors (Lipinski definition) is 3. The quantitative estimate of drug-likeness (QED) is 0.634. The predicted molar refractivity (Wildman–Crippen MR) is 46.1 cm³/mol. The van der Waals surface area contributed by atoms with Crippen molar-refractivity contribution < 1.29 is 13.2 Å². The first-order valence-corrected chi connectivity index (χ1v) is 5.39. The Kier molecular flexibility index (Phi) is 9.75. The van der Waals surface area contributed by atoms with Gasteiger partial charge in [0.2, 0.25) is 10.0 Å². The molecule has 11 heavy (non-hydrogen) atoms. The molecule has 0 aliphatic heterocycles. The van der Waals surface area contributed by atoms with Crippen molar-refractivity contribution in [3.05, 3.63) is 0 Å². The highest BCUT2D eigenvalue weighted by atomic mass is 32.2. The Hall–Kier alpha value is -0.130. The van der Waals surface area contributed by atoms with Crippen LogP contribution >= 0.6 is 0 Å². The minimum absolute atomic E-state index is 0.343. The molecule has 4 nitrogen and oxygen atoms in total. The fourth-order valence-corrected chi connectivity index (χ4v) is 0.783. The summed E-state index contributed by atoms with van der Waals surface area (Å²) in [5.41, 5.74) is 0. The van der Waals surface area contributed by atoms with Gasteiger partial charge in [0, 0.05) is 13.7 Å². The van der Waals surface area contributed by atoms with Gasteiger partial charge in [0.15, 0.2) is 0 Å². The Morgan fingerprint density at radius 1 is 1.36 bits per heavy atom. The topological polar surface area (TPSA) is 55.4 Å². The lowest BCUT2D eigenvalue weighted by molar-refractivity contribution is 0.204. The Morgan fingerprint density at radius 3 is 2.09 bits per heavy atom. The average molecular weight is 183 g/mol. The fourth-order valence-electron chi connectivity index (χ4n) is 0.329. The number of rotatable bonds is 4. The van der Waals surface area contributed by atoms with Gasteiger partial charge in [0.05, 0.1) is 12.9 Å². The number of methoxy groups -OCH3 is 1. The molecule has 0 aliphatic rings. The monoisotopic (exact) mass is 183 g/mol. The third kappa shape index (κ3) is 17.7. The molecule has 0 spiro atoms. The zero-order valence-electron chi connectivity index (χ0n) is 7.55. The molecule has 0 heterocycles. The molecule has 0 radical (unpaired) electrons. The summed E-state index contributed by atoms with van der Waals surface area (Å²) in [6.07, 6.45) is 1.11. The van der Waals surface area contributed by atoms with E-state index in [1.54, 1.807) is 0 Å². The normalized spacial score (nSPS) is 10.2. The van der Waals surface area contributed by atoms with Crippen molar-refractivity contribution in [3.63, 3.8) is 0 Å². The zero-order valence-corrected chi connectivity index (χ0v) is 8.36. The molecule has 0 rings (SSSR count). The third-order valence-electron chi connectivity index (χ3n) is 0.670. The van der Waals surface area contributed by atoms with Gasteiger partial charge in [-0.05, 0) is 0 Å². The largest absolute Gasteiger partial charge is 0.383 e. The molecule has 0 atom stereocenters. The van der Waals surface area contributed by atoms with Crippen LogP contribution < -0.4 is 4.72 Å². The molecule has 0 aromatic rings. The van der Waals surface area contributed by atoms with Crippen LogP contribution in [-0.2, 0) is 14.8 Å². The van der Waals surface area contributed by atoms with Crippen LogP contribution in [0.5, 0.6) is 0 Å². The maximum Gasteiger partial charge on any atom is 0.208 e. The molecule has 0 bridgehead atoms. The minimum atomic E-state index is -3.03. The van der Waals surface area contributed by atoms with E-state index in [-0.39, 0.29) is 0 Å². The van der Waals surface area contributed by atoms with E-state index in [1.165, 1.54) is 7.11 Å². The van der Waals surface area contributed by atoms with Crippen molar-refractivity contribution in [2.24, 2.45) is 0 Å². The molecule has 0 aromatic heterocycles. The number of sulfonamides is 1. The maximum absolute atomic E-state index is 10.3. The number of nitrogens with one attached hydrogen (secondary N) is 1. The summed E-state index contributed by atoms with van der Waals surface area (Å²) in [5.74, 6) is 0. The van der Waals surface area contributed by atoms with Gasteiger partial charge < -0.3 is 4.74 Å². The highest BCUT2D eigenvalue weighted by molar-refractivity contribution is 7.88. The first-order valence-electron chi connectivity index (χ1n) is 3.50. The highest BCUT2D eigenvalue weighted by Crippen LogP contribution is 1.71. The smallest absolute Gasteiger partial charge is 0.208 e. The molecule has 0 amide bonds. The van der Waals surface area contributed by atoms with Crippen molar-refractivity contribution in [1.82, 2.24) is 4.72 Å². The van der Waals surface area contributed by atoms with Crippen molar-refractivity contribution in [2.45, 2.75) is 13.8 Å². The first kappa shape index (κ1) is 13.5. The molecule has 1 N–H and O–H groups in total. The van der Waals surface area contributed by atoms with Crippen molar-refractivity contribution in [1.29, 1.82) is 0 Å². The van der Waals surface area contributed by atoms with E-state index in [9.17, 15) is 8.42 Å². The molecule has 0 aromatic carbocycles. The standard InChI is InChI=1S/C4H11NO3S.C2H6/c1-8-4-3-5-9(2,6)7;1-2/h5H,3-4H2,1-2H3;1-2H3. The molecule has 70 valence electrons. The minimum Gasteiger partial charge on any atom is -0.383 e. The van der Waals surface area contributed by atoms with Crippen molar-refractivity contribution in [3.8, 4) is 0 Å². The second-order valence-corrected chi connectivity index (χ2v) is 3.49. The van der Waals surface area contributed by atoms with E-state index in [0.717, 1.165) is 6.26 Å². The summed E-state index contributed by atoms with van der Waals surface area (Å²) in [7, 11) is -1.51. The van der Waals surface area contributed by atoms with Gasteiger partial charge in [0.25, 0.3) is 0 Å². The Labute approximate surface area is 69.0 Å². The van der Waals surface area contributed by atoms with Gasteiger partial charge in [0.1, 0.15) is 0 Å². The van der Waals surface area contributed by atoms with E-state index in [2.05, 4.69) is 9.46 Å². The summed E-state index contributed by atoms with van der Waals surface area (Å²) in [6.45, 7) is 4.75. The van der Waals surface area contributed by atoms with Crippen LogP contribution in [0.2, 0.25) is 0 Å². The van der Waals surface area contributed by atoms with E-state index >= 15 is 0 Å². The average Bonchev–Trinajstić information content (AvgIpc) is 1.90. The van der Waals surface area contributed by atoms with Crippen LogP contribution in [0, 0.1) is 0 Å². The van der Waals surface area contributed by atoms with Gasteiger partial charge in [-0.2, -0.15) is 0 Å². The third-order valence-corrected chi connectivity index (χ3v) is 1.40. The van der Waals surface area contributed by atoms with E-state index in [0.29, 0.717) is 13.2 Å². The van der Waals surface area contributed by atoms with Crippen molar-refractivity contribution in [2.75, 3.05) is 26.5 Å². The second-order valence-electron chi connectivity index (χ2n) is 1.66. The van der Waals surface area contributed by atoms with Crippen molar-refractivity contribution >= 4 is 10.0 Å². The zero-order chi connectivity index (χ0) is 9.33. The molecule has 0 saturated carbocycles. The van der Waals surface area contributed by atoms with Crippen LogP contribution in [0.25, 0.3) is 0 Å². The summed E-state index contributed by atoms with van der Waals surface area (Å²) >= 11 is 0. The lowest BCUT2D eigenvalue weighted by atomic mass is 10.7. The summed E-state index contributed by atoms with van der Waals surface area (Å²) in [4.78, 5) is 0. The van der Waals surface area contributed by atoms with Gasteiger partial charge in [-0.1, -0.05) is 13.8 Å². The molecular weight excluding hydrogens is 166 g/mol. The van der Waals surface area contributed by atoms with Gasteiger partial charge in [-0.15, -0.1) is 0 Å². The van der Waals surface area contributed by atoms with Gasteiger partial charge >= 0.3 is 0 Å². The molecule has 0 unspecified atom stereocenters. The fraction of sp³-hybridized carbons (Fsp3) is 1.00. The van der Waals surface area contributed by atoms with Gasteiger partial charge in [-0.25, -0.2) is 13.1 Å². The Bertz CT molecular complexity index is 153. The number of hydrogen-bond donors (Lipinski definition) is 1. The SMILES string of the molecule is CC.COCCNS(C)(=O)=O. The molecular formula is C6H17NO3S. The summed E-state index contributed by atoms with van der Waals surface area (Å²) < 4.78 is 27.6. The van der Waals surface area contributed by atoms with E-state index < -0.39 is 10.0 Å². The van der Waals surface area contributed by atoms with Crippen LogP contribution in [0.15, 0.2) is 0 Å². The highest BCUT2D eigenvalue weighted by Gasteiger charge is 1.96. The first-order chi connectivity index (χ1) is 5.06. The predicted octanol–water partition coefficient (Wildman–Crippen LogP) is 0.208. The molecule has 0 fully saturated rings. The van der Waals surface area contributed by atoms with Crippen LogP contribution in [0.1, 0.15) is 13.8 Å². The Morgan fingerprint density at radius 2 is 1.82 bits per heavy atom. The van der Waals surface area contributed by atoms with E-state index in [4.69, 9.17) is 0 Å². The lowest BCUT2D eigenvalue weighted by Crippen LogP contribution is -2.25. The summed E-state index contributed by atoms with van der Waals surface area (Å²) in [6, 6.07) is 0.